The molecule has 0 spiro atoms. The van der Waals surface area contributed by atoms with E-state index in [4.69, 9.17) is 14.2 Å². The molecule has 0 N–H and O–H groups in total. The molecule has 2 aromatic rings. The number of ether oxygens (including phenoxy) is 3. The molecule has 3 rings (SSSR count). The van der Waals surface area contributed by atoms with Crippen LogP contribution in [0, 0.1) is 5.92 Å². The van der Waals surface area contributed by atoms with Crippen LogP contribution in [0.1, 0.15) is 36.7 Å². The molecule has 1 saturated heterocycles. The van der Waals surface area contributed by atoms with Crippen molar-refractivity contribution in [3.05, 3.63) is 53.6 Å². The van der Waals surface area contributed by atoms with E-state index in [0.717, 1.165) is 35.8 Å². The highest BCUT2D eigenvalue weighted by Gasteiger charge is 2.23. The van der Waals surface area contributed by atoms with Gasteiger partial charge in [0.2, 0.25) is 0 Å². The Morgan fingerprint density at radius 3 is 2.35 bits per heavy atom. The van der Waals surface area contributed by atoms with Crippen molar-refractivity contribution in [1.82, 2.24) is 4.90 Å². The number of piperazine rings is 1. The van der Waals surface area contributed by atoms with Crippen molar-refractivity contribution in [2.24, 2.45) is 5.92 Å². The predicted octanol–water partition coefficient (Wildman–Crippen LogP) is 4.23. The lowest BCUT2D eigenvalue weighted by molar-refractivity contribution is 0.0745. The first kappa shape index (κ1) is 22.9. The fraction of sp³-hybridized carbons (Fsp3) is 0.480. The van der Waals surface area contributed by atoms with E-state index in [2.05, 4.69) is 30.9 Å². The first-order chi connectivity index (χ1) is 15.0. The van der Waals surface area contributed by atoms with E-state index < -0.39 is 0 Å². The van der Waals surface area contributed by atoms with Crippen molar-refractivity contribution in [3.8, 4) is 11.5 Å². The summed E-state index contributed by atoms with van der Waals surface area (Å²) >= 11 is 0. The fourth-order valence-corrected chi connectivity index (χ4v) is 3.67. The fourth-order valence-electron chi connectivity index (χ4n) is 3.67. The number of rotatable bonds is 9. The Morgan fingerprint density at radius 2 is 1.74 bits per heavy atom. The molecule has 0 unspecified atom stereocenters. The Hall–Kier alpha value is -2.73. The van der Waals surface area contributed by atoms with E-state index in [-0.39, 0.29) is 5.91 Å². The van der Waals surface area contributed by atoms with Gasteiger partial charge in [-0.2, -0.15) is 0 Å². The van der Waals surface area contributed by atoms with Crippen molar-refractivity contribution < 1.29 is 19.0 Å². The van der Waals surface area contributed by atoms with Gasteiger partial charge in [0.15, 0.2) is 0 Å². The maximum absolute atomic E-state index is 13.1. The third-order valence-electron chi connectivity index (χ3n) is 5.32. The summed E-state index contributed by atoms with van der Waals surface area (Å²) in [6.45, 7) is 10.9. The van der Waals surface area contributed by atoms with E-state index >= 15 is 0 Å². The minimum absolute atomic E-state index is 0.0579. The summed E-state index contributed by atoms with van der Waals surface area (Å²) in [6, 6.07) is 13.7. The summed E-state index contributed by atoms with van der Waals surface area (Å²) in [5.74, 6) is 2.15. The summed E-state index contributed by atoms with van der Waals surface area (Å²) in [5, 5.41) is 0. The molecule has 0 aromatic heterocycles. The van der Waals surface area contributed by atoms with Gasteiger partial charge in [-0.1, -0.05) is 13.8 Å². The van der Waals surface area contributed by atoms with Gasteiger partial charge < -0.3 is 24.0 Å². The summed E-state index contributed by atoms with van der Waals surface area (Å²) in [6.07, 6.45) is 0. The van der Waals surface area contributed by atoms with Crippen molar-refractivity contribution in [1.29, 1.82) is 0 Å². The van der Waals surface area contributed by atoms with Gasteiger partial charge >= 0.3 is 0 Å². The second-order valence-electron chi connectivity index (χ2n) is 8.14. The number of methoxy groups -OCH3 is 1. The van der Waals surface area contributed by atoms with Gasteiger partial charge in [-0.15, -0.1) is 0 Å². The SMILES string of the molecule is CCOc1ccc(C(=O)N2CCN(c3ccc(OC)cc3)CC2)cc1COCC(C)C. The zero-order chi connectivity index (χ0) is 22.2. The third kappa shape index (κ3) is 6.14. The van der Waals surface area contributed by atoms with Crippen molar-refractivity contribution >= 4 is 11.6 Å². The van der Waals surface area contributed by atoms with Gasteiger partial charge in [-0.25, -0.2) is 0 Å². The van der Waals surface area contributed by atoms with Crippen LogP contribution in [0.3, 0.4) is 0 Å². The molecule has 1 aliphatic rings. The summed E-state index contributed by atoms with van der Waals surface area (Å²) in [4.78, 5) is 17.4. The van der Waals surface area contributed by atoms with E-state index in [1.807, 2.05) is 42.2 Å². The van der Waals surface area contributed by atoms with Crippen LogP contribution in [0.4, 0.5) is 5.69 Å². The number of nitrogens with zero attached hydrogens (tertiary/aromatic N) is 2. The minimum atomic E-state index is 0.0579. The maximum atomic E-state index is 13.1. The van der Waals surface area contributed by atoms with E-state index in [0.29, 0.717) is 44.4 Å². The molecule has 0 atom stereocenters. The lowest BCUT2D eigenvalue weighted by Crippen LogP contribution is -2.48. The molecule has 6 nitrogen and oxygen atoms in total. The number of carbonyl (C=O) groups is 1. The molecule has 0 aliphatic carbocycles. The molecular weight excluding hydrogens is 392 g/mol. The van der Waals surface area contributed by atoms with Crippen LogP contribution in [0.25, 0.3) is 0 Å². The van der Waals surface area contributed by atoms with Crippen LogP contribution in [-0.4, -0.2) is 57.3 Å². The van der Waals surface area contributed by atoms with Crippen LogP contribution < -0.4 is 14.4 Å². The third-order valence-corrected chi connectivity index (χ3v) is 5.32. The highest BCUT2D eigenvalue weighted by atomic mass is 16.5. The molecule has 0 saturated carbocycles. The van der Waals surface area contributed by atoms with E-state index in [1.165, 1.54) is 0 Å². The molecule has 1 aliphatic heterocycles. The summed E-state index contributed by atoms with van der Waals surface area (Å²) < 4.78 is 16.8. The normalized spacial score (nSPS) is 14.1. The molecule has 1 fully saturated rings. The van der Waals surface area contributed by atoms with Crippen molar-refractivity contribution in [3.63, 3.8) is 0 Å². The van der Waals surface area contributed by atoms with Crippen LogP contribution in [-0.2, 0) is 11.3 Å². The highest BCUT2D eigenvalue weighted by molar-refractivity contribution is 5.94. The van der Waals surface area contributed by atoms with E-state index in [9.17, 15) is 4.79 Å². The Labute approximate surface area is 185 Å². The largest absolute Gasteiger partial charge is 0.497 e. The standard InChI is InChI=1S/C25H34N2O4/c1-5-31-24-11-6-20(16-21(24)18-30-17-19(2)3)25(28)27-14-12-26(13-15-27)22-7-9-23(29-4)10-8-22/h6-11,16,19H,5,12-15,17-18H2,1-4H3. The highest BCUT2D eigenvalue weighted by Crippen LogP contribution is 2.24. The molecule has 0 bridgehead atoms. The molecule has 31 heavy (non-hydrogen) atoms. The Kier molecular flexibility index (Phi) is 8.18. The minimum Gasteiger partial charge on any atom is -0.497 e. The Bertz CT molecular complexity index is 843. The predicted molar refractivity (Wildman–Crippen MR) is 123 cm³/mol. The molecule has 2 aromatic carbocycles. The van der Waals surface area contributed by atoms with Gasteiger partial charge in [0.25, 0.3) is 5.91 Å². The number of hydrogen-bond acceptors (Lipinski definition) is 5. The molecule has 168 valence electrons. The molecule has 1 heterocycles. The van der Waals surface area contributed by atoms with Gasteiger partial charge in [-0.3, -0.25) is 4.79 Å². The van der Waals surface area contributed by atoms with Crippen molar-refractivity contribution in [2.45, 2.75) is 27.4 Å². The van der Waals surface area contributed by atoms with Gasteiger partial charge in [0.05, 0.1) is 20.3 Å². The number of amides is 1. The average Bonchev–Trinajstić information content (AvgIpc) is 2.79. The zero-order valence-corrected chi connectivity index (χ0v) is 19.1. The topological polar surface area (TPSA) is 51.2 Å². The van der Waals surface area contributed by atoms with Gasteiger partial charge in [-0.05, 0) is 55.3 Å². The summed E-state index contributed by atoms with van der Waals surface area (Å²) in [7, 11) is 1.67. The molecule has 0 radical (unpaired) electrons. The van der Waals surface area contributed by atoms with Gasteiger partial charge in [0.1, 0.15) is 11.5 Å². The van der Waals surface area contributed by atoms with Crippen LogP contribution in [0.5, 0.6) is 11.5 Å². The monoisotopic (exact) mass is 426 g/mol. The first-order valence-corrected chi connectivity index (χ1v) is 11.0. The second-order valence-corrected chi connectivity index (χ2v) is 8.14. The second kappa shape index (κ2) is 11.0. The molecule has 6 heteroatoms. The average molecular weight is 427 g/mol. The lowest BCUT2D eigenvalue weighted by Gasteiger charge is -2.36. The number of hydrogen-bond donors (Lipinski definition) is 0. The summed E-state index contributed by atoms with van der Waals surface area (Å²) in [5.41, 5.74) is 2.76. The zero-order valence-electron chi connectivity index (χ0n) is 19.1. The number of benzene rings is 2. The Balaban J connectivity index is 1.63. The molecular formula is C25H34N2O4. The Morgan fingerprint density at radius 1 is 1.03 bits per heavy atom. The number of carbonyl (C=O) groups excluding carboxylic acids is 1. The van der Waals surface area contributed by atoms with Crippen molar-refractivity contribution in [2.75, 3.05) is 51.4 Å². The quantitative estimate of drug-likeness (QED) is 0.601. The maximum Gasteiger partial charge on any atom is 0.253 e. The number of anilines is 1. The van der Waals surface area contributed by atoms with Crippen LogP contribution >= 0.6 is 0 Å². The lowest BCUT2D eigenvalue weighted by atomic mass is 10.1. The first-order valence-electron chi connectivity index (χ1n) is 11.0. The van der Waals surface area contributed by atoms with Crippen LogP contribution in [0.2, 0.25) is 0 Å². The molecule has 1 amide bonds. The smallest absolute Gasteiger partial charge is 0.253 e. The van der Waals surface area contributed by atoms with Gasteiger partial charge in [0, 0.05) is 49.6 Å². The van der Waals surface area contributed by atoms with E-state index in [1.54, 1.807) is 7.11 Å². The van der Waals surface area contributed by atoms with Crippen LogP contribution in [0.15, 0.2) is 42.5 Å².